The summed E-state index contributed by atoms with van der Waals surface area (Å²) in [5, 5.41) is 17.4. The predicted octanol–water partition coefficient (Wildman–Crippen LogP) is 8.94. The lowest BCUT2D eigenvalue weighted by atomic mass is 9.51. The van der Waals surface area contributed by atoms with Crippen LogP contribution in [0.15, 0.2) is 81.3 Å². The van der Waals surface area contributed by atoms with E-state index in [9.17, 15) is 19.5 Å². The van der Waals surface area contributed by atoms with Crippen molar-refractivity contribution in [3.05, 3.63) is 97.4 Å². The zero-order valence-corrected chi connectivity index (χ0v) is 34.7. The highest BCUT2D eigenvalue weighted by Gasteiger charge is 2.68. The molecule has 2 aromatic heterocycles. The normalized spacial score (nSPS) is 26.1. The number of phenols is 1. The number of rotatable bonds is 5. The fourth-order valence-electron chi connectivity index (χ4n) is 9.60. The van der Waals surface area contributed by atoms with E-state index in [0.29, 0.717) is 43.2 Å². The van der Waals surface area contributed by atoms with E-state index < -0.39 is 46.8 Å². The Morgan fingerprint density at radius 2 is 1.71 bits per heavy atom. The number of benzene rings is 3. The first kappa shape index (κ1) is 36.3. The predicted molar refractivity (Wildman–Crippen MR) is 217 cm³/mol. The molecule has 0 bridgehead atoms. The van der Waals surface area contributed by atoms with Crippen molar-refractivity contribution in [1.82, 2.24) is 9.78 Å². The summed E-state index contributed by atoms with van der Waals surface area (Å²) >= 11 is 15.1. The minimum Gasteiger partial charge on any atom is -0.503 e. The number of amides is 4. The number of ether oxygens (including phenoxy) is 1. The molecule has 14 heteroatoms. The number of para-hydroxylation sites is 1. The molecule has 2 saturated heterocycles. The van der Waals surface area contributed by atoms with Crippen molar-refractivity contribution < 1.29 is 29.0 Å². The number of methoxy groups -OCH3 is 1. The lowest BCUT2D eigenvalue weighted by molar-refractivity contribution is -0.131. The van der Waals surface area contributed by atoms with E-state index in [-0.39, 0.29) is 29.7 Å². The Kier molecular flexibility index (Phi) is 8.50. The third kappa shape index (κ3) is 5.05. The van der Waals surface area contributed by atoms with Gasteiger partial charge in [0.1, 0.15) is 11.5 Å². The van der Waals surface area contributed by atoms with Gasteiger partial charge >= 0.3 is 0 Å². The molecule has 55 heavy (non-hydrogen) atoms. The Bertz CT molecular complexity index is 2570. The maximum Gasteiger partial charge on any atom is 0.242 e. The maximum absolute atomic E-state index is 15.3. The number of anilines is 2. The molecule has 6 atom stereocenters. The molecule has 4 heterocycles. The van der Waals surface area contributed by atoms with Crippen LogP contribution >= 0.6 is 54.8 Å². The number of halogens is 3. The number of allylic oxidation sites excluding steroid dienone is 2. The van der Waals surface area contributed by atoms with Crippen molar-refractivity contribution >= 4 is 100 Å². The molecular weight excluding hydrogens is 872 g/mol. The minimum atomic E-state index is -1.34. The van der Waals surface area contributed by atoms with Gasteiger partial charge in [0.25, 0.3) is 0 Å². The van der Waals surface area contributed by atoms with E-state index in [2.05, 4.69) is 31.9 Å². The molecule has 1 N–H and O–H groups in total. The molecule has 6 unspecified atom stereocenters. The first-order chi connectivity index (χ1) is 26.3. The Labute approximate surface area is 341 Å². The fraction of sp³-hybridized carbons (Fsp3) is 0.293. The van der Waals surface area contributed by atoms with Crippen LogP contribution in [0.3, 0.4) is 0 Å². The molecule has 2 aliphatic heterocycles. The van der Waals surface area contributed by atoms with Crippen LogP contribution in [0.2, 0.25) is 5.02 Å². The number of hydrogen-bond acceptors (Lipinski definition) is 8. The Morgan fingerprint density at radius 3 is 2.44 bits per heavy atom. The number of phenolic OH excluding ortho intramolecular Hbond substituents is 1. The van der Waals surface area contributed by atoms with Crippen LogP contribution < -0.4 is 14.5 Å². The molecule has 0 spiro atoms. The lowest BCUT2D eigenvalue weighted by Crippen LogP contribution is -2.49. The number of hydrogen-bond donors (Lipinski definition) is 1. The number of fused-ring (bicyclic) bond motifs is 5. The highest BCUT2D eigenvalue weighted by atomic mass is 79.9. The Morgan fingerprint density at radius 1 is 0.964 bits per heavy atom. The third-order valence-corrected chi connectivity index (χ3v) is 15.9. The van der Waals surface area contributed by atoms with E-state index in [4.69, 9.17) is 21.4 Å². The summed E-state index contributed by atoms with van der Waals surface area (Å²) in [5.41, 5.74) is 2.19. The number of carbonyl (C=O) groups is 4. The lowest BCUT2D eigenvalue weighted by Gasteiger charge is -2.49. The minimum absolute atomic E-state index is 0.128. The standard InChI is InChI=1S/C41H33Br2ClN4O6S/c1-18-23-14-19(44)10-13-29(23)55-36(18)27-17-30(46(3)45-27)48-38(51)26-15-24-21(11-12-22-31(24)39(52)47(37(22)50)20-8-6-5-7-9-20)32(41(26,2)40(48)53)25-16-28(54-4)35(49)34(43)33(25)42/h5-11,13-14,16-17,22,24,26,31-32,49H,12,15H2,1-4H3. The topological polar surface area (TPSA) is 122 Å². The zero-order chi connectivity index (χ0) is 38.8. The Balaban J connectivity index is 1.19. The molecule has 0 radical (unpaired) electrons. The molecule has 4 aliphatic rings. The number of aryl methyl sites for hydroxylation is 2. The second-order valence-corrected chi connectivity index (χ2v) is 17.9. The summed E-state index contributed by atoms with van der Waals surface area (Å²) in [6, 6.07) is 18.1. The van der Waals surface area contributed by atoms with Crippen molar-refractivity contribution in [2.75, 3.05) is 16.9 Å². The average Bonchev–Trinajstić information content (AvgIpc) is 3.84. The molecule has 10 nitrogen and oxygen atoms in total. The van der Waals surface area contributed by atoms with Crippen LogP contribution in [0.4, 0.5) is 11.5 Å². The van der Waals surface area contributed by atoms with Gasteiger partial charge in [-0.15, -0.1) is 11.3 Å². The smallest absolute Gasteiger partial charge is 0.242 e. The van der Waals surface area contributed by atoms with Gasteiger partial charge in [-0.25, -0.2) is 4.90 Å². The van der Waals surface area contributed by atoms with E-state index in [1.807, 2.05) is 44.2 Å². The first-order valence-electron chi connectivity index (χ1n) is 17.8. The second kappa shape index (κ2) is 12.9. The molecule has 3 aromatic carbocycles. The largest absolute Gasteiger partial charge is 0.503 e. The molecule has 2 aliphatic carbocycles. The summed E-state index contributed by atoms with van der Waals surface area (Å²) < 4.78 is 9.00. The van der Waals surface area contributed by atoms with Gasteiger partial charge < -0.3 is 9.84 Å². The van der Waals surface area contributed by atoms with E-state index in [0.717, 1.165) is 26.1 Å². The van der Waals surface area contributed by atoms with Gasteiger partial charge in [0, 0.05) is 33.2 Å². The van der Waals surface area contributed by atoms with Gasteiger partial charge in [0.05, 0.1) is 45.3 Å². The third-order valence-electron chi connectivity index (χ3n) is 12.2. The van der Waals surface area contributed by atoms with Crippen molar-refractivity contribution in [3.63, 3.8) is 0 Å². The maximum atomic E-state index is 15.3. The second-order valence-electron chi connectivity index (χ2n) is 14.9. The van der Waals surface area contributed by atoms with Gasteiger partial charge in [0.15, 0.2) is 11.5 Å². The molecule has 280 valence electrons. The molecule has 3 fully saturated rings. The van der Waals surface area contributed by atoms with Gasteiger partial charge in [0.2, 0.25) is 23.6 Å². The van der Waals surface area contributed by atoms with Crippen molar-refractivity contribution in [2.45, 2.75) is 32.6 Å². The summed E-state index contributed by atoms with van der Waals surface area (Å²) in [7, 11) is 3.16. The van der Waals surface area contributed by atoms with Crippen LogP contribution in [0, 0.1) is 36.0 Å². The number of aromatic nitrogens is 2. The summed E-state index contributed by atoms with van der Waals surface area (Å²) in [6.07, 6.45) is 2.49. The highest BCUT2D eigenvalue weighted by Crippen LogP contribution is 2.65. The van der Waals surface area contributed by atoms with Crippen molar-refractivity contribution in [2.24, 2.45) is 36.1 Å². The Hall–Kier alpha value is -4.30. The number of nitrogens with zero attached hydrogens (tertiary/aromatic N) is 4. The number of carbonyl (C=O) groups excluding carboxylic acids is 4. The summed E-state index contributed by atoms with van der Waals surface area (Å²) in [4.78, 5) is 62.1. The van der Waals surface area contributed by atoms with Crippen molar-refractivity contribution in [1.29, 1.82) is 0 Å². The molecular formula is C41H33Br2ClN4O6S. The van der Waals surface area contributed by atoms with Gasteiger partial charge in [-0.1, -0.05) is 41.4 Å². The van der Waals surface area contributed by atoms with Gasteiger partial charge in [-0.05, 0) is 117 Å². The monoisotopic (exact) mass is 902 g/mol. The van der Waals surface area contributed by atoms with Gasteiger partial charge in [-0.3, -0.25) is 28.8 Å². The summed E-state index contributed by atoms with van der Waals surface area (Å²) in [5.74, 6) is -4.48. The highest BCUT2D eigenvalue weighted by molar-refractivity contribution is 9.13. The average molecular weight is 905 g/mol. The molecule has 4 amide bonds. The molecule has 1 saturated carbocycles. The van der Waals surface area contributed by atoms with Crippen LogP contribution in [-0.2, 0) is 26.2 Å². The molecule has 5 aromatic rings. The van der Waals surface area contributed by atoms with Crippen LogP contribution in [0.25, 0.3) is 20.7 Å². The SMILES string of the molecule is COc1cc(C2C3=CCC4C(=O)N(c5ccccc5)C(=O)C4C3CC3C(=O)N(c4cc(-c5sc6ccc(Cl)cc6c5C)nn4C)C(=O)C32C)c(Br)c(Br)c1O. The van der Waals surface area contributed by atoms with Crippen molar-refractivity contribution in [3.8, 4) is 22.1 Å². The van der Waals surface area contributed by atoms with E-state index in [1.165, 1.54) is 16.9 Å². The van der Waals surface area contributed by atoms with Crippen LogP contribution in [-0.4, -0.2) is 45.6 Å². The first-order valence-corrected chi connectivity index (χ1v) is 20.5. The van der Waals surface area contributed by atoms with Crippen LogP contribution in [0.1, 0.15) is 36.8 Å². The van der Waals surface area contributed by atoms with E-state index >= 15 is 4.79 Å². The van der Waals surface area contributed by atoms with Crippen LogP contribution in [0.5, 0.6) is 11.5 Å². The zero-order valence-electron chi connectivity index (χ0n) is 30.0. The molecule has 9 rings (SSSR count). The van der Waals surface area contributed by atoms with Gasteiger partial charge in [-0.2, -0.15) is 5.10 Å². The number of thiophene rings is 1. The number of aromatic hydroxyl groups is 1. The fourth-order valence-corrected chi connectivity index (χ4v) is 11.9. The summed E-state index contributed by atoms with van der Waals surface area (Å²) in [6.45, 7) is 3.82. The van der Waals surface area contributed by atoms with E-state index in [1.54, 1.807) is 59.5 Å². The quantitative estimate of drug-likeness (QED) is 0.138. The number of imide groups is 2.